The van der Waals surface area contributed by atoms with Crippen molar-refractivity contribution in [3.63, 3.8) is 0 Å². The Labute approximate surface area is 78.1 Å². The Morgan fingerprint density at radius 2 is 2.69 bits per heavy atom. The standard InChI is InChI=1S/C10H13N3/c1-2-7-13-8-3-4-10(13)9-5-6-11-12-9/h1,5-6,10H,3-4,7-8H2,(H,11,12). The Bertz CT molecular complexity index is 296. The largest absolute Gasteiger partial charge is 0.284 e. The molecule has 3 heteroatoms. The van der Waals surface area contributed by atoms with Crippen LogP contribution < -0.4 is 0 Å². The van der Waals surface area contributed by atoms with Crippen molar-refractivity contribution in [2.45, 2.75) is 18.9 Å². The quantitative estimate of drug-likeness (QED) is 0.684. The highest BCUT2D eigenvalue weighted by atomic mass is 15.2. The van der Waals surface area contributed by atoms with Crippen LogP contribution in [0.3, 0.4) is 0 Å². The van der Waals surface area contributed by atoms with Gasteiger partial charge in [-0.05, 0) is 25.5 Å². The van der Waals surface area contributed by atoms with E-state index in [2.05, 4.69) is 21.0 Å². The molecule has 1 fully saturated rings. The van der Waals surface area contributed by atoms with Crippen LogP contribution in [0.4, 0.5) is 0 Å². The maximum absolute atomic E-state index is 5.31. The Balaban J connectivity index is 2.11. The highest BCUT2D eigenvalue weighted by molar-refractivity contribution is 5.08. The molecule has 0 amide bonds. The minimum atomic E-state index is 0.457. The van der Waals surface area contributed by atoms with E-state index in [-0.39, 0.29) is 0 Å². The summed E-state index contributed by atoms with van der Waals surface area (Å²) < 4.78 is 0. The Morgan fingerprint density at radius 1 is 1.77 bits per heavy atom. The molecule has 1 atom stereocenters. The van der Waals surface area contributed by atoms with Crippen LogP contribution in [0, 0.1) is 12.3 Å². The predicted molar refractivity (Wildman–Crippen MR) is 51.0 cm³/mol. The lowest BCUT2D eigenvalue weighted by atomic mass is 10.1. The zero-order chi connectivity index (χ0) is 9.10. The number of nitrogens with one attached hydrogen (secondary N) is 1. The summed E-state index contributed by atoms with van der Waals surface area (Å²) in [7, 11) is 0. The number of hydrogen-bond acceptors (Lipinski definition) is 2. The molecule has 1 saturated heterocycles. The van der Waals surface area contributed by atoms with Crippen molar-refractivity contribution in [3.8, 4) is 12.3 Å². The van der Waals surface area contributed by atoms with E-state index < -0.39 is 0 Å². The van der Waals surface area contributed by atoms with E-state index in [1.165, 1.54) is 18.5 Å². The second kappa shape index (κ2) is 3.63. The molecule has 0 aliphatic carbocycles. The number of likely N-dealkylation sites (tertiary alicyclic amines) is 1. The molecule has 0 aromatic carbocycles. The van der Waals surface area contributed by atoms with Crippen molar-refractivity contribution in [1.82, 2.24) is 15.1 Å². The topological polar surface area (TPSA) is 31.9 Å². The molecule has 1 aliphatic heterocycles. The molecule has 1 N–H and O–H groups in total. The lowest BCUT2D eigenvalue weighted by molar-refractivity contribution is 0.285. The SMILES string of the molecule is C#CCN1CCCC1c1ccn[nH]1. The lowest BCUT2D eigenvalue weighted by Gasteiger charge is -2.20. The van der Waals surface area contributed by atoms with Gasteiger partial charge >= 0.3 is 0 Å². The zero-order valence-electron chi connectivity index (χ0n) is 7.53. The summed E-state index contributed by atoms with van der Waals surface area (Å²) in [6, 6.07) is 2.48. The number of hydrogen-bond donors (Lipinski definition) is 1. The van der Waals surface area contributed by atoms with E-state index in [1.807, 2.05) is 6.07 Å². The third kappa shape index (κ3) is 1.58. The van der Waals surface area contributed by atoms with Gasteiger partial charge in [0.1, 0.15) is 0 Å². The second-order valence-electron chi connectivity index (χ2n) is 3.34. The van der Waals surface area contributed by atoms with Gasteiger partial charge in [0.05, 0.1) is 18.3 Å². The van der Waals surface area contributed by atoms with Gasteiger partial charge < -0.3 is 0 Å². The number of aromatic nitrogens is 2. The Kier molecular flexibility index (Phi) is 2.33. The number of H-pyrrole nitrogens is 1. The van der Waals surface area contributed by atoms with Crippen LogP contribution in [-0.2, 0) is 0 Å². The van der Waals surface area contributed by atoms with E-state index in [1.54, 1.807) is 6.20 Å². The summed E-state index contributed by atoms with van der Waals surface area (Å²) in [5, 5.41) is 6.97. The molecular weight excluding hydrogens is 162 g/mol. The van der Waals surface area contributed by atoms with Crippen molar-refractivity contribution in [1.29, 1.82) is 0 Å². The Hall–Kier alpha value is -1.27. The van der Waals surface area contributed by atoms with E-state index in [0.29, 0.717) is 6.04 Å². The van der Waals surface area contributed by atoms with Crippen LogP contribution in [0.15, 0.2) is 12.3 Å². The maximum Gasteiger partial charge on any atom is 0.0604 e. The van der Waals surface area contributed by atoms with Gasteiger partial charge in [-0.15, -0.1) is 6.42 Å². The number of aromatic amines is 1. The van der Waals surface area contributed by atoms with Gasteiger partial charge in [0.25, 0.3) is 0 Å². The Morgan fingerprint density at radius 3 is 3.38 bits per heavy atom. The molecule has 1 aliphatic rings. The first-order valence-corrected chi connectivity index (χ1v) is 4.58. The summed E-state index contributed by atoms with van der Waals surface area (Å²) in [4.78, 5) is 2.31. The summed E-state index contributed by atoms with van der Waals surface area (Å²) in [5.41, 5.74) is 1.19. The van der Waals surface area contributed by atoms with Crippen molar-refractivity contribution in [2.24, 2.45) is 0 Å². The molecule has 1 aromatic rings. The summed E-state index contributed by atoms with van der Waals surface area (Å²) in [6.45, 7) is 1.84. The van der Waals surface area contributed by atoms with Gasteiger partial charge in [0.2, 0.25) is 0 Å². The molecule has 2 heterocycles. The fourth-order valence-electron chi connectivity index (χ4n) is 1.94. The smallest absolute Gasteiger partial charge is 0.0604 e. The number of nitrogens with zero attached hydrogens (tertiary/aromatic N) is 2. The van der Waals surface area contributed by atoms with Crippen LogP contribution >= 0.6 is 0 Å². The summed E-state index contributed by atoms with van der Waals surface area (Å²) in [6.07, 6.45) is 9.51. The van der Waals surface area contributed by atoms with Crippen molar-refractivity contribution >= 4 is 0 Å². The van der Waals surface area contributed by atoms with Crippen LogP contribution in [0.1, 0.15) is 24.6 Å². The minimum absolute atomic E-state index is 0.457. The fraction of sp³-hybridized carbons (Fsp3) is 0.500. The lowest BCUT2D eigenvalue weighted by Crippen LogP contribution is -2.23. The highest BCUT2D eigenvalue weighted by Crippen LogP contribution is 2.29. The zero-order valence-corrected chi connectivity index (χ0v) is 7.53. The van der Waals surface area contributed by atoms with Gasteiger partial charge in [-0.2, -0.15) is 5.10 Å². The van der Waals surface area contributed by atoms with Crippen molar-refractivity contribution < 1.29 is 0 Å². The van der Waals surface area contributed by atoms with Crippen LogP contribution in [0.5, 0.6) is 0 Å². The monoisotopic (exact) mass is 175 g/mol. The summed E-state index contributed by atoms with van der Waals surface area (Å²) >= 11 is 0. The first-order valence-electron chi connectivity index (χ1n) is 4.58. The van der Waals surface area contributed by atoms with Crippen molar-refractivity contribution in [2.75, 3.05) is 13.1 Å². The molecule has 1 aromatic heterocycles. The van der Waals surface area contributed by atoms with Gasteiger partial charge in [0.15, 0.2) is 0 Å². The predicted octanol–water partition coefficient (Wildman–Crippen LogP) is 1.18. The third-order valence-corrected chi connectivity index (χ3v) is 2.54. The molecule has 0 radical (unpaired) electrons. The number of rotatable bonds is 2. The van der Waals surface area contributed by atoms with E-state index in [0.717, 1.165) is 13.1 Å². The average molecular weight is 175 g/mol. The fourth-order valence-corrected chi connectivity index (χ4v) is 1.94. The first kappa shape index (κ1) is 8.33. The first-order chi connectivity index (χ1) is 6.42. The average Bonchev–Trinajstić information content (AvgIpc) is 2.71. The second-order valence-corrected chi connectivity index (χ2v) is 3.34. The van der Waals surface area contributed by atoms with Gasteiger partial charge in [-0.3, -0.25) is 10.00 Å². The molecule has 0 bridgehead atoms. The van der Waals surface area contributed by atoms with E-state index in [9.17, 15) is 0 Å². The minimum Gasteiger partial charge on any atom is -0.284 e. The maximum atomic E-state index is 5.31. The molecular formula is C10H13N3. The van der Waals surface area contributed by atoms with Gasteiger partial charge in [-0.25, -0.2) is 0 Å². The van der Waals surface area contributed by atoms with Crippen LogP contribution in [0.25, 0.3) is 0 Å². The molecule has 0 saturated carbocycles. The summed E-state index contributed by atoms with van der Waals surface area (Å²) in [5.74, 6) is 2.69. The number of terminal acetylenes is 1. The molecule has 0 spiro atoms. The van der Waals surface area contributed by atoms with Crippen LogP contribution in [-0.4, -0.2) is 28.2 Å². The van der Waals surface area contributed by atoms with E-state index >= 15 is 0 Å². The molecule has 3 nitrogen and oxygen atoms in total. The van der Waals surface area contributed by atoms with Crippen molar-refractivity contribution in [3.05, 3.63) is 18.0 Å². The van der Waals surface area contributed by atoms with Gasteiger partial charge in [-0.1, -0.05) is 5.92 Å². The molecule has 1 unspecified atom stereocenters. The molecule has 68 valence electrons. The van der Waals surface area contributed by atoms with Crippen LogP contribution in [0.2, 0.25) is 0 Å². The molecule has 13 heavy (non-hydrogen) atoms. The van der Waals surface area contributed by atoms with Gasteiger partial charge in [0, 0.05) is 6.20 Å². The molecule has 2 rings (SSSR count). The normalized spacial score (nSPS) is 23.2. The highest BCUT2D eigenvalue weighted by Gasteiger charge is 2.25. The third-order valence-electron chi connectivity index (χ3n) is 2.54. The van der Waals surface area contributed by atoms with E-state index in [4.69, 9.17) is 6.42 Å².